The highest BCUT2D eigenvalue weighted by Crippen LogP contribution is 2.22. The molecule has 1 aromatic heterocycles. The van der Waals surface area contributed by atoms with Crippen molar-refractivity contribution in [1.82, 2.24) is 9.97 Å². The number of aryl methyl sites for hydroxylation is 1. The van der Waals surface area contributed by atoms with Crippen LogP contribution in [0.2, 0.25) is 0 Å². The predicted molar refractivity (Wildman–Crippen MR) is 64.3 cm³/mol. The Labute approximate surface area is 97.9 Å². The fourth-order valence-electron chi connectivity index (χ4n) is 1.41. The van der Waals surface area contributed by atoms with Crippen molar-refractivity contribution in [2.75, 3.05) is 10.7 Å². The van der Waals surface area contributed by atoms with E-state index in [2.05, 4.69) is 20.7 Å². The highest BCUT2D eigenvalue weighted by molar-refractivity contribution is 5.61. The lowest BCUT2D eigenvalue weighted by Gasteiger charge is -2.10. The molecule has 4 N–H and O–H groups in total. The molecular weight excluding hydrogens is 221 g/mol. The summed E-state index contributed by atoms with van der Waals surface area (Å²) in [6, 6.07) is 4.84. The first-order valence-corrected chi connectivity index (χ1v) is 5.01. The van der Waals surface area contributed by atoms with E-state index in [1.165, 1.54) is 18.5 Å². The number of nitrogens with two attached hydrogens (primary N) is 1. The molecule has 0 saturated heterocycles. The van der Waals surface area contributed by atoms with Gasteiger partial charge in [-0.05, 0) is 18.6 Å². The SMILES string of the molecule is Cc1cccc(F)c1Nc1cncc(NN)n1. The molecule has 0 aliphatic rings. The van der Waals surface area contributed by atoms with Crippen molar-refractivity contribution in [3.63, 3.8) is 0 Å². The molecule has 1 heterocycles. The van der Waals surface area contributed by atoms with E-state index in [0.717, 1.165) is 5.56 Å². The first-order chi connectivity index (χ1) is 8.20. The van der Waals surface area contributed by atoms with E-state index in [4.69, 9.17) is 5.84 Å². The quantitative estimate of drug-likeness (QED) is 0.558. The Morgan fingerprint density at radius 2 is 2.00 bits per heavy atom. The molecule has 88 valence electrons. The average molecular weight is 233 g/mol. The minimum Gasteiger partial charge on any atom is -0.336 e. The second-order valence-corrected chi connectivity index (χ2v) is 3.49. The Morgan fingerprint density at radius 3 is 2.71 bits per heavy atom. The van der Waals surface area contributed by atoms with Gasteiger partial charge in [-0.3, -0.25) is 4.98 Å². The maximum Gasteiger partial charge on any atom is 0.160 e. The third kappa shape index (κ3) is 2.48. The van der Waals surface area contributed by atoms with E-state index in [9.17, 15) is 4.39 Å². The van der Waals surface area contributed by atoms with Gasteiger partial charge in [-0.15, -0.1) is 0 Å². The molecule has 0 unspecified atom stereocenters. The molecule has 2 rings (SSSR count). The van der Waals surface area contributed by atoms with Crippen LogP contribution in [0.3, 0.4) is 0 Å². The van der Waals surface area contributed by atoms with Crippen LogP contribution in [0.1, 0.15) is 5.56 Å². The molecule has 6 heteroatoms. The minimum absolute atomic E-state index is 0.335. The zero-order valence-electron chi connectivity index (χ0n) is 9.24. The lowest BCUT2D eigenvalue weighted by Crippen LogP contribution is -2.10. The molecule has 0 bridgehead atoms. The van der Waals surface area contributed by atoms with Gasteiger partial charge in [0.1, 0.15) is 5.82 Å². The van der Waals surface area contributed by atoms with Crippen LogP contribution in [-0.2, 0) is 0 Å². The second kappa shape index (κ2) is 4.75. The minimum atomic E-state index is -0.335. The van der Waals surface area contributed by atoms with Gasteiger partial charge in [-0.1, -0.05) is 12.1 Å². The summed E-state index contributed by atoms with van der Waals surface area (Å²) in [7, 11) is 0. The second-order valence-electron chi connectivity index (χ2n) is 3.49. The van der Waals surface area contributed by atoms with E-state index in [1.54, 1.807) is 6.07 Å². The lowest BCUT2D eigenvalue weighted by molar-refractivity contribution is 0.631. The molecule has 0 aliphatic heterocycles. The van der Waals surface area contributed by atoms with Crippen molar-refractivity contribution in [3.05, 3.63) is 42.0 Å². The average Bonchev–Trinajstić information content (AvgIpc) is 2.34. The number of benzene rings is 1. The Bertz CT molecular complexity index is 509. The largest absolute Gasteiger partial charge is 0.336 e. The number of para-hydroxylation sites is 1. The molecule has 0 fully saturated rings. The van der Waals surface area contributed by atoms with Crippen LogP contribution >= 0.6 is 0 Å². The number of hydrazine groups is 1. The van der Waals surface area contributed by atoms with E-state index < -0.39 is 0 Å². The summed E-state index contributed by atoms with van der Waals surface area (Å²) in [5, 5.41) is 2.87. The number of rotatable bonds is 3. The fraction of sp³-hybridized carbons (Fsp3) is 0.0909. The Morgan fingerprint density at radius 1 is 1.24 bits per heavy atom. The Kier molecular flexibility index (Phi) is 3.15. The first kappa shape index (κ1) is 11.3. The molecule has 17 heavy (non-hydrogen) atoms. The molecule has 0 amide bonds. The summed E-state index contributed by atoms with van der Waals surface area (Å²) in [4.78, 5) is 8.01. The fourth-order valence-corrected chi connectivity index (χ4v) is 1.41. The zero-order valence-corrected chi connectivity index (χ0v) is 9.24. The summed E-state index contributed by atoms with van der Waals surface area (Å²) in [6.45, 7) is 1.81. The number of nitrogens with zero attached hydrogens (tertiary/aromatic N) is 2. The Hall–Kier alpha value is -2.21. The van der Waals surface area contributed by atoms with Gasteiger partial charge in [0.15, 0.2) is 11.6 Å². The molecule has 0 saturated carbocycles. The highest BCUT2D eigenvalue weighted by atomic mass is 19.1. The monoisotopic (exact) mass is 233 g/mol. The summed E-state index contributed by atoms with van der Waals surface area (Å²) >= 11 is 0. The van der Waals surface area contributed by atoms with Crippen LogP contribution in [0, 0.1) is 12.7 Å². The molecule has 0 spiro atoms. The van der Waals surface area contributed by atoms with Crippen molar-refractivity contribution in [1.29, 1.82) is 0 Å². The molecule has 0 radical (unpaired) electrons. The maximum atomic E-state index is 13.6. The van der Waals surface area contributed by atoms with Gasteiger partial charge in [0.25, 0.3) is 0 Å². The topological polar surface area (TPSA) is 75.9 Å². The number of anilines is 3. The van der Waals surface area contributed by atoms with Crippen LogP contribution in [0.25, 0.3) is 0 Å². The predicted octanol–water partition coefficient (Wildman–Crippen LogP) is 1.95. The van der Waals surface area contributed by atoms with Gasteiger partial charge in [-0.25, -0.2) is 15.2 Å². The van der Waals surface area contributed by atoms with Gasteiger partial charge in [-0.2, -0.15) is 0 Å². The summed E-state index contributed by atoms with van der Waals surface area (Å²) in [5.74, 6) is 5.71. The standard InChI is InChI=1S/C11H12FN5/c1-7-3-2-4-8(12)11(7)16-9-5-14-6-10(15-9)17-13/h2-6H,13H2,1H3,(H2,15,16,17). The lowest BCUT2D eigenvalue weighted by atomic mass is 10.2. The number of hydrogen-bond donors (Lipinski definition) is 3. The molecular formula is C11H12FN5. The Balaban J connectivity index is 2.31. The van der Waals surface area contributed by atoms with Crippen LogP contribution < -0.4 is 16.6 Å². The van der Waals surface area contributed by atoms with Crippen LogP contribution in [-0.4, -0.2) is 9.97 Å². The van der Waals surface area contributed by atoms with E-state index in [0.29, 0.717) is 17.3 Å². The molecule has 0 atom stereocenters. The summed E-state index contributed by atoms with van der Waals surface area (Å²) in [5.41, 5.74) is 3.55. The number of hydrogen-bond acceptors (Lipinski definition) is 5. The van der Waals surface area contributed by atoms with Crippen LogP contribution in [0.5, 0.6) is 0 Å². The number of nitrogens with one attached hydrogen (secondary N) is 2. The summed E-state index contributed by atoms with van der Waals surface area (Å²) in [6.07, 6.45) is 2.96. The summed E-state index contributed by atoms with van der Waals surface area (Å²) < 4.78 is 13.6. The van der Waals surface area contributed by atoms with Crippen molar-refractivity contribution in [3.8, 4) is 0 Å². The third-order valence-electron chi connectivity index (χ3n) is 2.26. The van der Waals surface area contributed by atoms with E-state index in [-0.39, 0.29) is 5.82 Å². The highest BCUT2D eigenvalue weighted by Gasteiger charge is 2.06. The van der Waals surface area contributed by atoms with E-state index in [1.807, 2.05) is 13.0 Å². The van der Waals surface area contributed by atoms with Gasteiger partial charge in [0.2, 0.25) is 0 Å². The normalized spacial score (nSPS) is 10.1. The number of nitrogen functional groups attached to an aromatic ring is 1. The van der Waals surface area contributed by atoms with Crippen molar-refractivity contribution in [2.24, 2.45) is 5.84 Å². The molecule has 5 nitrogen and oxygen atoms in total. The van der Waals surface area contributed by atoms with Crippen molar-refractivity contribution < 1.29 is 4.39 Å². The third-order valence-corrected chi connectivity index (χ3v) is 2.26. The van der Waals surface area contributed by atoms with Crippen molar-refractivity contribution >= 4 is 17.3 Å². The van der Waals surface area contributed by atoms with Gasteiger partial charge in [0, 0.05) is 0 Å². The molecule has 0 aliphatic carbocycles. The number of aromatic nitrogens is 2. The van der Waals surface area contributed by atoms with Crippen molar-refractivity contribution in [2.45, 2.75) is 6.92 Å². The van der Waals surface area contributed by atoms with Crippen LogP contribution in [0.4, 0.5) is 21.7 Å². The molecule has 1 aromatic carbocycles. The first-order valence-electron chi connectivity index (χ1n) is 5.01. The van der Waals surface area contributed by atoms with Gasteiger partial charge >= 0.3 is 0 Å². The van der Waals surface area contributed by atoms with Gasteiger partial charge in [0.05, 0.1) is 18.1 Å². The smallest absolute Gasteiger partial charge is 0.160 e. The van der Waals surface area contributed by atoms with E-state index >= 15 is 0 Å². The van der Waals surface area contributed by atoms with Crippen LogP contribution in [0.15, 0.2) is 30.6 Å². The number of halogens is 1. The molecule has 2 aromatic rings. The van der Waals surface area contributed by atoms with Gasteiger partial charge < -0.3 is 10.7 Å². The zero-order chi connectivity index (χ0) is 12.3. The maximum absolute atomic E-state index is 13.6.